The molecule has 0 spiro atoms. The Hall–Kier alpha value is -1.17. The number of carbonyl (C=O) groups is 1. The van der Waals surface area contributed by atoms with Crippen molar-refractivity contribution in [2.24, 2.45) is 5.92 Å². The first-order valence-electron chi connectivity index (χ1n) is 8.15. The highest BCUT2D eigenvalue weighted by atomic mass is 19.4. The van der Waals surface area contributed by atoms with Gasteiger partial charge in [0.1, 0.15) is 12.8 Å². The molecule has 1 atom stereocenters. The number of hydrogen-bond donors (Lipinski definition) is 0. The fraction of sp³-hybridized carbons (Fsp3) is 0.933. The summed E-state index contributed by atoms with van der Waals surface area (Å²) in [4.78, 5) is 11.1. The van der Waals surface area contributed by atoms with Gasteiger partial charge in [-0.25, -0.2) is 8.78 Å². The number of rotatable bonds is 9. The standard InChI is InChI=1S/C15H20F8O4/c16-13(17,9-15(21,22)23)11(27-12(24)7-14(18,19)20)8-26-6-3-10-1-4-25-5-2-10/h10-11H,1-9H2. The minimum Gasteiger partial charge on any atom is -0.453 e. The van der Waals surface area contributed by atoms with Gasteiger partial charge in [-0.2, -0.15) is 26.3 Å². The lowest BCUT2D eigenvalue weighted by Crippen LogP contribution is -2.44. The molecule has 1 aliphatic heterocycles. The van der Waals surface area contributed by atoms with Gasteiger partial charge in [0.2, 0.25) is 0 Å². The zero-order valence-electron chi connectivity index (χ0n) is 14.2. The van der Waals surface area contributed by atoms with Crippen molar-refractivity contribution in [2.45, 2.75) is 56.5 Å². The molecule has 1 rings (SSSR count). The van der Waals surface area contributed by atoms with E-state index in [9.17, 15) is 39.9 Å². The molecule has 1 saturated heterocycles. The Kier molecular flexibility index (Phi) is 8.71. The molecule has 0 aliphatic carbocycles. The third kappa shape index (κ3) is 10.7. The van der Waals surface area contributed by atoms with Gasteiger partial charge in [-0.1, -0.05) is 0 Å². The lowest BCUT2D eigenvalue weighted by Gasteiger charge is -2.28. The van der Waals surface area contributed by atoms with Crippen molar-refractivity contribution < 1.29 is 54.1 Å². The number of carbonyl (C=O) groups excluding carboxylic acids is 1. The highest BCUT2D eigenvalue weighted by Crippen LogP contribution is 2.36. The smallest absolute Gasteiger partial charge is 0.399 e. The Balaban J connectivity index is 2.61. The molecule has 4 nitrogen and oxygen atoms in total. The molecule has 160 valence electrons. The number of halogens is 8. The molecule has 0 radical (unpaired) electrons. The lowest BCUT2D eigenvalue weighted by molar-refractivity contribution is -0.234. The summed E-state index contributed by atoms with van der Waals surface area (Å²) in [6, 6.07) is 0. The molecule has 1 fully saturated rings. The minimum atomic E-state index is -5.31. The van der Waals surface area contributed by atoms with Crippen LogP contribution in [0.1, 0.15) is 32.1 Å². The first-order valence-corrected chi connectivity index (χ1v) is 8.15. The molecule has 0 aromatic heterocycles. The summed E-state index contributed by atoms with van der Waals surface area (Å²) in [6.07, 6.45) is -16.1. The molecular formula is C15H20F8O4. The van der Waals surface area contributed by atoms with Crippen LogP contribution < -0.4 is 0 Å². The van der Waals surface area contributed by atoms with Crippen LogP contribution in [0.4, 0.5) is 35.1 Å². The molecule has 0 saturated carbocycles. The van der Waals surface area contributed by atoms with E-state index in [2.05, 4.69) is 4.74 Å². The summed E-state index contributed by atoms with van der Waals surface area (Å²) in [5.41, 5.74) is 0. The van der Waals surface area contributed by atoms with Crippen LogP contribution in [0.5, 0.6) is 0 Å². The third-order valence-electron chi connectivity index (χ3n) is 3.81. The van der Waals surface area contributed by atoms with E-state index < -0.39 is 49.8 Å². The van der Waals surface area contributed by atoms with Crippen molar-refractivity contribution in [3.05, 3.63) is 0 Å². The van der Waals surface area contributed by atoms with Gasteiger partial charge < -0.3 is 14.2 Å². The third-order valence-corrected chi connectivity index (χ3v) is 3.81. The van der Waals surface area contributed by atoms with Crippen LogP contribution in [0, 0.1) is 5.92 Å². The zero-order chi connectivity index (χ0) is 20.7. The molecule has 1 unspecified atom stereocenters. The molecule has 27 heavy (non-hydrogen) atoms. The fourth-order valence-corrected chi connectivity index (χ4v) is 2.46. The topological polar surface area (TPSA) is 44.8 Å². The van der Waals surface area contributed by atoms with Crippen molar-refractivity contribution in [3.63, 3.8) is 0 Å². The lowest BCUT2D eigenvalue weighted by atomic mass is 9.97. The van der Waals surface area contributed by atoms with E-state index in [1.807, 2.05) is 0 Å². The van der Waals surface area contributed by atoms with Crippen LogP contribution in [0.3, 0.4) is 0 Å². The van der Waals surface area contributed by atoms with Gasteiger partial charge in [0.05, 0.1) is 6.61 Å². The summed E-state index contributed by atoms with van der Waals surface area (Å²) in [6.45, 7) is -0.214. The average Bonchev–Trinajstić information content (AvgIpc) is 2.47. The van der Waals surface area contributed by atoms with Gasteiger partial charge in [-0.3, -0.25) is 4.79 Å². The first-order chi connectivity index (χ1) is 12.3. The maximum absolute atomic E-state index is 13.8. The number of hydrogen-bond acceptors (Lipinski definition) is 4. The molecule has 0 amide bonds. The Morgan fingerprint density at radius 3 is 2.11 bits per heavy atom. The quantitative estimate of drug-likeness (QED) is 0.320. The predicted molar refractivity (Wildman–Crippen MR) is 75.2 cm³/mol. The van der Waals surface area contributed by atoms with E-state index in [0.717, 1.165) is 0 Å². The Labute approximate surface area is 150 Å². The summed E-state index contributed by atoms with van der Waals surface area (Å²) >= 11 is 0. The number of esters is 1. The van der Waals surface area contributed by atoms with Crippen molar-refractivity contribution >= 4 is 5.97 Å². The van der Waals surface area contributed by atoms with Crippen LogP contribution in [0.25, 0.3) is 0 Å². The SMILES string of the molecule is O=C(CC(F)(F)F)OC(COCCC1CCOCC1)C(F)(F)CC(F)(F)F. The number of alkyl halides is 8. The summed E-state index contributed by atoms with van der Waals surface area (Å²) in [5, 5.41) is 0. The van der Waals surface area contributed by atoms with Crippen molar-refractivity contribution in [1.29, 1.82) is 0 Å². The molecule has 12 heteroatoms. The van der Waals surface area contributed by atoms with E-state index in [1.54, 1.807) is 0 Å². The van der Waals surface area contributed by atoms with Gasteiger partial charge in [-0.05, 0) is 25.2 Å². The van der Waals surface area contributed by atoms with Gasteiger partial charge in [0.25, 0.3) is 5.92 Å². The summed E-state index contributed by atoms with van der Waals surface area (Å²) < 4.78 is 115. The van der Waals surface area contributed by atoms with E-state index >= 15 is 0 Å². The Morgan fingerprint density at radius 1 is 1.00 bits per heavy atom. The van der Waals surface area contributed by atoms with Crippen molar-refractivity contribution in [3.8, 4) is 0 Å². The van der Waals surface area contributed by atoms with Crippen molar-refractivity contribution in [2.75, 3.05) is 26.4 Å². The van der Waals surface area contributed by atoms with Crippen LogP contribution in [-0.4, -0.2) is 56.8 Å². The van der Waals surface area contributed by atoms with E-state index in [0.29, 0.717) is 32.5 Å². The Bertz CT molecular complexity index is 458. The zero-order valence-corrected chi connectivity index (χ0v) is 14.2. The molecule has 0 N–H and O–H groups in total. The number of ether oxygens (including phenoxy) is 3. The van der Waals surface area contributed by atoms with E-state index in [-0.39, 0.29) is 12.5 Å². The van der Waals surface area contributed by atoms with Crippen LogP contribution in [0.2, 0.25) is 0 Å². The van der Waals surface area contributed by atoms with Crippen LogP contribution in [0.15, 0.2) is 0 Å². The normalized spacial score (nSPS) is 18.4. The highest BCUT2D eigenvalue weighted by Gasteiger charge is 2.51. The highest BCUT2D eigenvalue weighted by molar-refractivity contribution is 5.70. The monoisotopic (exact) mass is 416 g/mol. The molecular weight excluding hydrogens is 396 g/mol. The molecule has 0 aromatic carbocycles. The second-order valence-electron chi connectivity index (χ2n) is 6.24. The predicted octanol–water partition coefficient (Wildman–Crippen LogP) is 4.27. The average molecular weight is 416 g/mol. The minimum absolute atomic E-state index is 0.111. The van der Waals surface area contributed by atoms with Crippen molar-refractivity contribution in [1.82, 2.24) is 0 Å². The molecule has 1 heterocycles. The van der Waals surface area contributed by atoms with Gasteiger partial charge >= 0.3 is 18.3 Å². The summed E-state index contributed by atoms with van der Waals surface area (Å²) in [5.74, 6) is -6.54. The van der Waals surface area contributed by atoms with Gasteiger partial charge in [0.15, 0.2) is 6.10 Å². The van der Waals surface area contributed by atoms with Gasteiger partial charge in [0, 0.05) is 19.8 Å². The summed E-state index contributed by atoms with van der Waals surface area (Å²) in [7, 11) is 0. The first kappa shape index (κ1) is 23.9. The maximum Gasteiger partial charge on any atom is 0.399 e. The Morgan fingerprint density at radius 2 is 1.59 bits per heavy atom. The molecule has 0 bridgehead atoms. The van der Waals surface area contributed by atoms with Gasteiger partial charge in [-0.15, -0.1) is 0 Å². The fourth-order valence-electron chi connectivity index (χ4n) is 2.46. The second-order valence-corrected chi connectivity index (χ2v) is 6.24. The van der Waals surface area contributed by atoms with Crippen LogP contribution in [-0.2, 0) is 19.0 Å². The van der Waals surface area contributed by atoms with Crippen LogP contribution >= 0.6 is 0 Å². The second kappa shape index (κ2) is 9.85. The molecule has 0 aromatic rings. The van der Waals surface area contributed by atoms with E-state index in [1.165, 1.54) is 0 Å². The van der Waals surface area contributed by atoms with E-state index in [4.69, 9.17) is 9.47 Å². The maximum atomic E-state index is 13.8. The molecule has 1 aliphatic rings. The largest absolute Gasteiger partial charge is 0.453 e.